The highest BCUT2D eigenvalue weighted by Crippen LogP contribution is 2.31. The van der Waals surface area contributed by atoms with Crippen molar-refractivity contribution < 1.29 is 10.1 Å². The number of nitro benzene ring substituents is 1. The lowest BCUT2D eigenvalue weighted by Crippen LogP contribution is -2.21. The fourth-order valence-electron chi connectivity index (χ4n) is 1.44. The van der Waals surface area contributed by atoms with Gasteiger partial charge in [-0.15, -0.1) is 23.2 Å². The highest BCUT2D eigenvalue weighted by Gasteiger charge is 2.20. The summed E-state index contributed by atoms with van der Waals surface area (Å²) in [5, 5.41) is 22.1. The monoisotopic (exact) mass is 293 g/mol. The summed E-state index contributed by atoms with van der Waals surface area (Å²) in [6.45, 7) is 0.954. The number of rotatable bonds is 7. The van der Waals surface area contributed by atoms with Crippen molar-refractivity contribution in [3.05, 3.63) is 33.9 Å². The van der Waals surface area contributed by atoms with Crippen molar-refractivity contribution in [1.82, 2.24) is 5.32 Å². The number of hydrogen-bond donors (Lipinski definition) is 3. The van der Waals surface area contributed by atoms with Gasteiger partial charge in [-0.3, -0.25) is 20.8 Å². The second-order valence-corrected chi connectivity index (χ2v) is 4.41. The zero-order valence-electron chi connectivity index (χ0n) is 9.40. The summed E-state index contributed by atoms with van der Waals surface area (Å²) in [4.78, 5) is 10.4. The minimum Gasteiger partial charge on any atom is -0.314 e. The molecule has 0 aliphatic heterocycles. The molecule has 0 radical (unpaired) electrons. The minimum atomic E-state index is -0.540. The molecule has 0 bridgehead atoms. The number of hydrogen-bond acceptors (Lipinski definition) is 5. The molecule has 1 rings (SSSR count). The number of benzene rings is 1. The number of nitro groups is 1. The van der Waals surface area contributed by atoms with Gasteiger partial charge < -0.3 is 5.32 Å². The fraction of sp³-hybridized carbons (Fsp3) is 0.400. The topological polar surface area (TPSA) is 87.4 Å². The summed E-state index contributed by atoms with van der Waals surface area (Å²) < 4.78 is 0. The summed E-state index contributed by atoms with van der Waals surface area (Å²) >= 11 is 11.6. The van der Waals surface area contributed by atoms with E-state index in [4.69, 9.17) is 28.4 Å². The van der Waals surface area contributed by atoms with Crippen LogP contribution in [0.5, 0.6) is 0 Å². The van der Waals surface area contributed by atoms with E-state index in [-0.39, 0.29) is 11.4 Å². The highest BCUT2D eigenvalue weighted by atomic mass is 35.5. The maximum Gasteiger partial charge on any atom is 0.276 e. The molecule has 0 fully saturated rings. The Labute approximate surface area is 114 Å². The van der Waals surface area contributed by atoms with Gasteiger partial charge in [-0.2, -0.15) is 0 Å². The van der Waals surface area contributed by atoms with E-state index in [1.54, 1.807) is 0 Å². The Morgan fingerprint density at radius 3 is 2.78 bits per heavy atom. The lowest BCUT2D eigenvalue weighted by atomic mass is 10.1. The van der Waals surface area contributed by atoms with Crippen molar-refractivity contribution in [3.8, 4) is 0 Å². The quantitative estimate of drug-likeness (QED) is 0.311. The van der Waals surface area contributed by atoms with Crippen molar-refractivity contribution in [3.63, 3.8) is 0 Å². The summed E-state index contributed by atoms with van der Waals surface area (Å²) in [6.07, 6.45) is 0. The third-order valence-electron chi connectivity index (χ3n) is 2.29. The summed E-state index contributed by atoms with van der Waals surface area (Å²) in [5.74, 6) is 0.444. The predicted octanol–water partition coefficient (Wildman–Crippen LogP) is 2.50. The normalized spacial score (nSPS) is 12.2. The molecule has 0 aliphatic rings. The van der Waals surface area contributed by atoms with Crippen LogP contribution in [0.4, 0.5) is 11.4 Å². The molecule has 100 valence electrons. The van der Waals surface area contributed by atoms with Gasteiger partial charge in [0.2, 0.25) is 0 Å². The Hall–Kier alpha value is -1.08. The molecule has 0 heterocycles. The number of alkyl halides is 2. The molecule has 0 aliphatic carbocycles. The average Bonchev–Trinajstić information content (AvgIpc) is 2.38. The van der Waals surface area contributed by atoms with E-state index in [9.17, 15) is 10.1 Å². The standard InChI is InChI=1S/C10H13Cl2N3O3/c11-3-4-13-6-9(12)8-2-1-7(14-16)5-10(8)15(17)18/h1-2,5,9,13-14,16H,3-4,6H2. The van der Waals surface area contributed by atoms with Crippen molar-refractivity contribution in [2.24, 2.45) is 0 Å². The van der Waals surface area contributed by atoms with Gasteiger partial charge in [0.15, 0.2) is 0 Å². The van der Waals surface area contributed by atoms with E-state index in [1.165, 1.54) is 18.2 Å². The van der Waals surface area contributed by atoms with Crippen LogP contribution in [0.25, 0.3) is 0 Å². The summed E-state index contributed by atoms with van der Waals surface area (Å²) in [7, 11) is 0. The number of anilines is 1. The van der Waals surface area contributed by atoms with Crippen LogP contribution >= 0.6 is 23.2 Å². The van der Waals surface area contributed by atoms with Gasteiger partial charge in [-0.25, -0.2) is 0 Å². The Balaban J connectivity index is 2.89. The molecule has 3 N–H and O–H groups in total. The fourth-order valence-corrected chi connectivity index (χ4v) is 1.87. The minimum absolute atomic E-state index is 0.137. The third kappa shape index (κ3) is 3.99. The van der Waals surface area contributed by atoms with Gasteiger partial charge in [0.05, 0.1) is 16.0 Å². The van der Waals surface area contributed by atoms with Crippen LogP contribution in [0.1, 0.15) is 10.9 Å². The van der Waals surface area contributed by atoms with Crippen molar-refractivity contribution >= 4 is 34.6 Å². The summed E-state index contributed by atoms with van der Waals surface area (Å²) in [5.41, 5.74) is 2.35. The van der Waals surface area contributed by atoms with E-state index in [0.717, 1.165) is 0 Å². The summed E-state index contributed by atoms with van der Waals surface area (Å²) in [6, 6.07) is 4.25. The first-order valence-corrected chi connectivity index (χ1v) is 6.16. The van der Waals surface area contributed by atoms with Gasteiger partial charge in [0, 0.05) is 30.6 Å². The lowest BCUT2D eigenvalue weighted by Gasteiger charge is -2.11. The molecule has 1 unspecified atom stereocenters. The molecule has 0 spiro atoms. The molecule has 8 heteroatoms. The Morgan fingerprint density at radius 2 is 2.22 bits per heavy atom. The predicted molar refractivity (Wildman–Crippen MR) is 70.7 cm³/mol. The Kier molecular flexibility index (Phi) is 6.14. The van der Waals surface area contributed by atoms with Gasteiger partial charge >= 0.3 is 0 Å². The second kappa shape index (κ2) is 7.38. The van der Waals surface area contributed by atoms with Crippen LogP contribution in [-0.4, -0.2) is 29.1 Å². The molecule has 0 saturated carbocycles. The highest BCUT2D eigenvalue weighted by molar-refractivity contribution is 6.21. The van der Waals surface area contributed by atoms with Crippen LogP contribution in [0.15, 0.2) is 18.2 Å². The van der Waals surface area contributed by atoms with Gasteiger partial charge in [0.25, 0.3) is 5.69 Å². The van der Waals surface area contributed by atoms with E-state index >= 15 is 0 Å². The van der Waals surface area contributed by atoms with E-state index in [1.807, 2.05) is 5.48 Å². The smallest absolute Gasteiger partial charge is 0.276 e. The molecule has 18 heavy (non-hydrogen) atoms. The van der Waals surface area contributed by atoms with Gasteiger partial charge in [-0.05, 0) is 12.1 Å². The number of nitrogens with zero attached hydrogens (tertiary/aromatic N) is 1. The molecule has 1 atom stereocenters. The zero-order chi connectivity index (χ0) is 13.5. The van der Waals surface area contributed by atoms with Gasteiger partial charge in [-0.1, -0.05) is 0 Å². The molecule has 0 saturated heterocycles. The van der Waals surface area contributed by atoms with Crippen molar-refractivity contribution in [1.29, 1.82) is 0 Å². The molecular formula is C10H13Cl2N3O3. The van der Waals surface area contributed by atoms with E-state index in [2.05, 4.69) is 5.32 Å². The van der Waals surface area contributed by atoms with Crippen LogP contribution in [0.2, 0.25) is 0 Å². The maximum absolute atomic E-state index is 10.9. The van der Waals surface area contributed by atoms with Crippen LogP contribution in [0, 0.1) is 10.1 Å². The second-order valence-electron chi connectivity index (χ2n) is 3.50. The molecule has 0 aromatic heterocycles. The number of nitrogens with one attached hydrogen (secondary N) is 2. The first-order valence-electron chi connectivity index (χ1n) is 5.19. The van der Waals surface area contributed by atoms with E-state index < -0.39 is 10.3 Å². The number of halogens is 2. The van der Waals surface area contributed by atoms with Crippen LogP contribution < -0.4 is 10.8 Å². The first kappa shape index (κ1) is 15.0. The third-order valence-corrected chi connectivity index (χ3v) is 2.87. The van der Waals surface area contributed by atoms with E-state index in [0.29, 0.717) is 24.5 Å². The molecule has 1 aromatic rings. The SMILES string of the molecule is O=[N+]([O-])c1cc(NO)ccc1C(Cl)CNCCCl. The lowest BCUT2D eigenvalue weighted by molar-refractivity contribution is -0.385. The Bertz CT molecular complexity index is 417. The molecule has 1 aromatic carbocycles. The molecule has 6 nitrogen and oxygen atoms in total. The maximum atomic E-state index is 10.9. The van der Waals surface area contributed by atoms with Crippen molar-refractivity contribution in [2.75, 3.05) is 24.4 Å². The largest absolute Gasteiger partial charge is 0.314 e. The molecular weight excluding hydrogens is 281 g/mol. The molecule has 0 amide bonds. The van der Waals surface area contributed by atoms with Gasteiger partial charge in [0.1, 0.15) is 0 Å². The van der Waals surface area contributed by atoms with Crippen molar-refractivity contribution in [2.45, 2.75) is 5.38 Å². The first-order chi connectivity index (χ1) is 8.60. The zero-order valence-corrected chi connectivity index (χ0v) is 10.9. The van der Waals surface area contributed by atoms with Crippen LogP contribution in [0.3, 0.4) is 0 Å². The average molecular weight is 294 g/mol. The Morgan fingerprint density at radius 1 is 1.50 bits per heavy atom. The van der Waals surface area contributed by atoms with Crippen LogP contribution in [-0.2, 0) is 0 Å².